The molecule has 0 radical (unpaired) electrons. The van der Waals surface area contributed by atoms with Crippen molar-refractivity contribution >= 4 is 23.4 Å². The largest absolute Gasteiger partial charge is 0.461 e. The van der Waals surface area contributed by atoms with Gasteiger partial charge in [-0.1, -0.05) is 25.1 Å². The summed E-state index contributed by atoms with van der Waals surface area (Å²) in [4.78, 5) is 2.46. The van der Waals surface area contributed by atoms with E-state index in [4.69, 9.17) is 4.42 Å². The summed E-state index contributed by atoms with van der Waals surface area (Å²) in [5.41, 5.74) is 2.41. The third-order valence-corrected chi connectivity index (χ3v) is 4.56. The summed E-state index contributed by atoms with van der Waals surface area (Å²) in [7, 11) is 2.24. The molecule has 1 aromatic carbocycles. The third kappa shape index (κ3) is 3.83. The minimum absolute atomic E-state index is 0. The molecule has 3 rings (SSSR count). The topological polar surface area (TPSA) is 28.4 Å². The van der Waals surface area contributed by atoms with Gasteiger partial charge in [-0.25, -0.2) is 0 Å². The summed E-state index contributed by atoms with van der Waals surface area (Å²) in [5.74, 6) is 1.98. The van der Waals surface area contributed by atoms with Crippen molar-refractivity contribution in [1.29, 1.82) is 0 Å². The van der Waals surface area contributed by atoms with Gasteiger partial charge in [-0.3, -0.25) is 0 Å². The van der Waals surface area contributed by atoms with E-state index in [2.05, 4.69) is 42.4 Å². The highest BCUT2D eigenvalue weighted by molar-refractivity contribution is 5.85. The molecule has 1 aliphatic heterocycles. The van der Waals surface area contributed by atoms with Crippen LogP contribution in [0.4, 0.5) is 0 Å². The van der Waals surface area contributed by atoms with Gasteiger partial charge < -0.3 is 14.6 Å². The number of nitrogens with zero attached hydrogens (tertiary/aromatic N) is 1. The second-order valence-corrected chi connectivity index (χ2v) is 6.24. The molecular formula is C18H27ClN2O. The Kier molecular flexibility index (Phi) is 6.30. The highest BCUT2D eigenvalue weighted by Crippen LogP contribution is 2.27. The minimum atomic E-state index is 0. The maximum absolute atomic E-state index is 6.00. The van der Waals surface area contributed by atoms with Crippen molar-refractivity contribution in [3.8, 4) is 0 Å². The van der Waals surface area contributed by atoms with E-state index in [-0.39, 0.29) is 12.4 Å². The number of rotatable bonds is 5. The van der Waals surface area contributed by atoms with Gasteiger partial charge >= 0.3 is 0 Å². The van der Waals surface area contributed by atoms with Crippen LogP contribution in [0.2, 0.25) is 0 Å². The maximum atomic E-state index is 6.00. The molecule has 0 unspecified atom stereocenters. The van der Waals surface area contributed by atoms with Crippen LogP contribution in [-0.4, -0.2) is 31.6 Å². The first kappa shape index (κ1) is 17.3. The lowest BCUT2D eigenvalue weighted by Crippen LogP contribution is -2.34. The Morgan fingerprint density at radius 3 is 2.68 bits per heavy atom. The van der Waals surface area contributed by atoms with Gasteiger partial charge in [0, 0.05) is 30.5 Å². The van der Waals surface area contributed by atoms with Crippen molar-refractivity contribution in [3.05, 3.63) is 35.6 Å². The zero-order valence-electron chi connectivity index (χ0n) is 13.6. The van der Waals surface area contributed by atoms with Gasteiger partial charge in [-0.15, -0.1) is 12.4 Å². The van der Waals surface area contributed by atoms with Gasteiger partial charge in [-0.2, -0.15) is 0 Å². The zero-order valence-corrected chi connectivity index (χ0v) is 14.4. The molecule has 0 saturated carbocycles. The Labute approximate surface area is 139 Å². The lowest BCUT2D eigenvalue weighted by molar-refractivity contribution is 0.234. The van der Waals surface area contributed by atoms with Crippen molar-refractivity contribution in [2.75, 3.05) is 26.7 Å². The van der Waals surface area contributed by atoms with Crippen LogP contribution in [-0.2, 0) is 13.0 Å². The number of halogens is 1. The number of hydrogen-bond donors (Lipinski definition) is 1. The molecule has 1 N–H and O–H groups in total. The van der Waals surface area contributed by atoms with Gasteiger partial charge in [0.15, 0.2) is 0 Å². The molecule has 0 aliphatic carbocycles. The second kappa shape index (κ2) is 8.00. The monoisotopic (exact) mass is 322 g/mol. The summed E-state index contributed by atoms with van der Waals surface area (Å²) >= 11 is 0. The van der Waals surface area contributed by atoms with E-state index in [9.17, 15) is 0 Å². The highest BCUT2D eigenvalue weighted by Gasteiger charge is 2.18. The minimum Gasteiger partial charge on any atom is -0.461 e. The average molecular weight is 323 g/mol. The number of aryl methyl sites for hydroxylation is 1. The number of fused-ring (bicyclic) bond motifs is 1. The number of nitrogens with one attached hydrogen (secondary N) is 1. The Bertz CT molecular complexity index is 590. The Morgan fingerprint density at radius 2 is 1.95 bits per heavy atom. The molecule has 2 heterocycles. The van der Waals surface area contributed by atoms with E-state index in [1.165, 1.54) is 43.4 Å². The van der Waals surface area contributed by atoms with E-state index in [0.29, 0.717) is 0 Å². The fraction of sp³-hybridized carbons (Fsp3) is 0.556. The summed E-state index contributed by atoms with van der Waals surface area (Å²) in [6, 6.07) is 8.41. The van der Waals surface area contributed by atoms with E-state index in [0.717, 1.165) is 30.2 Å². The van der Waals surface area contributed by atoms with Crippen LogP contribution in [0.3, 0.4) is 0 Å². The fourth-order valence-electron chi connectivity index (χ4n) is 3.45. The molecule has 4 heteroatoms. The van der Waals surface area contributed by atoms with Gasteiger partial charge in [0.2, 0.25) is 0 Å². The third-order valence-electron chi connectivity index (χ3n) is 4.56. The van der Waals surface area contributed by atoms with Crippen LogP contribution in [0.1, 0.15) is 31.1 Å². The van der Waals surface area contributed by atoms with E-state index >= 15 is 0 Å². The fourth-order valence-corrected chi connectivity index (χ4v) is 3.45. The van der Waals surface area contributed by atoms with Crippen molar-refractivity contribution in [2.45, 2.75) is 32.7 Å². The maximum Gasteiger partial charge on any atom is 0.134 e. The van der Waals surface area contributed by atoms with E-state index < -0.39 is 0 Å². The van der Waals surface area contributed by atoms with Gasteiger partial charge in [0.25, 0.3) is 0 Å². The summed E-state index contributed by atoms with van der Waals surface area (Å²) in [6.07, 6.45) is 3.57. The molecule has 22 heavy (non-hydrogen) atoms. The molecule has 1 aromatic heterocycles. The Hall–Kier alpha value is -1.03. The van der Waals surface area contributed by atoms with Crippen molar-refractivity contribution < 1.29 is 4.42 Å². The number of para-hydroxylation sites is 1. The molecule has 1 fully saturated rings. The molecular weight excluding hydrogens is 296 g/mol. The van der Waals surface area contributed by atoms with Crippen molar-refractivity contribution in [3.63, 3.8) is 0 Å². The van der Waals surface area contributed by atoms with Crippen molar-refractivity contribution in [1.82, 2.24) is 10.2 Å². The quantitative estimate of drug-likeness (QED) is 0.906. The molecule has 2 aromatic rings. The van der Waals surface area contributed by atoms with Crippen LogP contribution in [0.15, 0.2) is 28.7 Å². The second-order valence-electron chi connectivity index (χ2n) is 6.24. The predicted octanol–water partition coefficient (Wildman–Crippen LogP) is 3.85. The molecule has 0 bridgehead atoms. The number of piperidine rings is 1. The van der Waals surface area contributed by atoms with Gasteiger partial charge in [0.1, 0.15) is 11.3 Å². The van der Waals surface area contributed by atoms with Crippen LogP contribution in [0.5, 0.6) is 0 Å². The smallest absolute Gasteiger partial charge is 0.134 e. The molecule has 0 amide bonds. The van der Waals surface area contributed by atoms with Crippen LogP contribution in [0, 0.1) is 5.92 Å². The highest BCUT2D eigenvalue weighted by atomic mass is 35.5. The normalized spacial score (nSPS) is 16.1. The molecule has 0 spiro atoms. The van der Waals surface area contributed by atoms with Crippen LogP contribution >= 0.6 is 12.4 Å². The molecule has 1 saturated heterocycles. The SMILES string of the molecule is CCc1oc2ccccc2c1CN(C)CC1CCNCC1.Cl. The van der Waals surface area contributed by atoms with Crippen LogP contribution < -0.4 is 5.32 Å². The molecule has 1 aliphatic rings. The van der Waals surface area contributed by atoms with E-state index in [1.807, 2.05) is 6.07 Å². The lowest BCUT2D eigenvalue weighted by Gasteiger charge is -2.27. The number of hydrogen-bond acceptors (Lipinski definition) is 3. The Morgan fingerprint density at radius 1 is 1.23 bits per heavy atom. The summed E-state index contributed by atoms with van der Waals surface area (Å²) in [6.45, 7) is 6.70. The summed E-state index contributed by atoms with van der Waals surface area (Å²) < 4.78 is 6.00. The zero-order chi connectivity index (χ0) is 14.7. The van der Waals surface area contributed by atoms with Gasteiger partial charge in [-0.05, 0) is 45.0 Å². The standard InChI is InChI=1S/C18H26N2O.ClH/c1-3-17-16(15-6-4-5-7-18(15)21-17)13-20(2)12-14-8-10-19-11-9-14;/h4-7,14,19H,3,8-13H2,1-2H3;1H. The molecule has 122 valence electrons. The average Bonchev–Trinajstić information content (AvgIpc) is 2.86. The number of furan rings is 1. The van der Waals surface area contributed by atoms with E-state index in [1.54, 1.807) is 0 Å². The Balaban J connectivity index is 0.00000176. The molecule has 0 atom stereocenters. The number of benzene rings is 1. The summed E-state index contributed by atoms with van der Waals surface area (Å²) in [5, 5.41) is 4.73. The predicted molar refractivity (Wildman–Crippen MR) is 94.8 cm³/mol. The molecule has 3 nitrogen and oxygen atoms in total. The van der Waals surface area contributed by atoms with Crippen LogP contribution in [0.25, 0.3) is 11.0 Å². The lowest BCUT2D eigenvalue weighted by atomic mass is 9.97. The van der Waals surface area contributed by atoms with Gasteiger partial charge in [0.05, 0.1) is 0 Å². The first-order chi connectivity index (χ1) is 10.3. The first-order valence-corrected chi connectivity index (χ1v) is 8.16. The first-order valence-electron chi connectivity index (χ1n) is 8.16. The van der Waals surface area contributed by atoms with Crippen molar-refractivity contribution in [2.24, 2.45) is 5.92 Å².